The minimum Gasteiger partial charge on any atom is -0.497 e. The third-order valence-corrected chi connectivity index (χ3v) is 4.40. The quantitative estimate of drug-likeness (QED) is 0.703. The normalized spacial score (nSPS) is 26.2. The smallest absolute Gasteiger partial charge is 0.119 e. The van der Waals surface area contributed by atoms with Crippen LogP contribution in [0.2, 0.25) is 0 Å². The standard InChI is InChI=1S/C17H20O/c1-12-16(13-5-3-4-6-13)9-7-14-11-15(18-2)8-10-17(12)14/h3,5,8,10-11,13,16H,1,4,6-7,9H2,2H3/t13-,16+/m1/s1. The van der Waals surface area contributed by atoms with Crippen LogP contribution in [0.1, 0.15) is 30.4 Å². The first-order valence-electron chi connectivity index (χ1n) is 6.82. The van der Waals surface area contributed by atoms with Gasteiger partial charge in [0.1, 0.15) is 5.75 Å². The van der Waals surface area contributed by atoms with Crippen LogP contribution in [0.4, 0.5) is 0 Å². The van der Waals surface area contributed by atoms with Crippen molar-refractivity contribution < 1.29 is 4.74 Å². The van der Waals surface area contributed by atoms with Gasteiger partial charge in [0.25, 0.3) is 0 Å². The molecule has 0 aromatic heterocycles. The summed E-state index contributed by atoms with van der Waals surface area (Å²) in [6.45, 7) is 4.36. The summed E-state index contributed by atoms with van der Waals surface area (Å²) < 4.78 is 5.30. The zero-order valence-corrected chi connectivity index (χ0v) is 11.0. The van der Waals surface area contributed by atoms with Crippen molar-refractivity contribution in [2.45, 2.75) is 25.7 Å². The molecule has 0 saturated heterocycles. The van der Waals surface area contributed by atoms with Crippen molar-refractivity contribution >= 4 is 5.57 Å². The Morgan fingerprint density at radius 3 is 2.89 bits per heavy atom. The van der Waals surface area contributed by atoms with Gasteiger partial charge in [-0.15, -0.1) is 0 Å². The average Bonchev–Trinajstić information content (AvgIpc) is 2.92. The first kappa shape index (κ1) is 11.6. The fourth-order valence-corrected chi connectivity index (χ4v) is 3.37. The second-order valence-corrected chi connectivity index (χ2v) is 5.36. The van der Waals surface area contributed by atoms with E-state index in [1.807, 2.05) is 0 Å². The fraction of sp³-hybridized carbons (Fsp3) is 0.412. The van der Waals surface area contributed by atoms with Gasteiger partial charge in [-0.05, 0) is 66.4 Å². The van der Waals surface area contributed by atoms with Gasteiger partial charge in [-0.3, -0.25) is 0 Å². The number of hydrogen-bond donors (Lipinski definition) is 0. The van der Waals surface area contributed by atoms with Crippen molar-refractivity contribution in [2.75, 3.05) is 7.11 Å². The molecule has 2 aliphatic carbocycles. The maximum Gasteiger partial charge on any atom is 0.119 e. The lowest BCUT2D eigenvalue weighted by molar-refractivity contribution is 0.412. The Hall–Kier alpha value is -1.50. The van der Waals surface area contributed by atoms with E-state index in [-0.39, 0.29) is 0 Å². The van der Waals surface area contributed by atoms with Crippen LogP contribution in [0.5, 0.6) is 5.75 Å². The predicted molar refractivity (Wildman–Crippen MR) is 75.7 cm³/mol. The highest BCUT2D eigenvalue weighted by atomic mass is 16.5. The lowest BCUT2D eigenvalue weighted by atomic mass is 9.74. The van der Waals surface area contributed by atoms with Gasteiger partial charge >= 0.3 is 0 Å². The molecule has 0 aliphatic heterocycles. The van der Waals surface area contributed by atoms with Gasteiger partial charge in [-0.1, -0.05) is 24.8 Å². The second kappa shape index (κ2) is 4.64. The maximum absolute atomic E-state index is 5.30. The molecule has 3 rings (SSSR count). The van der Waals surface area contributed by atoms with Crippen molar-refractivity contribution in [3.63, 3.8) is 0 Å². The molecule has 2 aliphatic rings. The van der Waals surface area contributed by atoms with Crippen LogP contribution in [-0.2, 0) is 6.42 Å². The summed E-state index contributed by atoms with van der Waals surface area (Å²) in [5.41, 5.74) is 4.08. The third kappa shape index (κ3) is 1.88. The molecule has 0 N–H and O–H groups in total. The van der Waals surface area contributed by atoms with Crippen LogP contribution < -0.4 is 4.74 Å². The number of ether oxygens (including phenoxy) is 1. The Kier molecular flexibility index (Phi) is 2.99. The number of methoxy groups -OCH3 is 1. The summed E-state index contributed by atoms with van der Waals surface area (Å²) in [5.74, 6) is 2.32. The van der Waals surface area contributed by atoms with E-state index in [1.54, 1.807) is 7.11 Å². The summed E-state index contributed by atoms with van der Waals surface area (Å²) in [6, 6.07) is 6.40. The van der Waals surface area contributed by atoms with E-state index >= 15 is 0 Å². The summed E-state index contributed by atoms with van der Waals surface area (Å²) in [4.78, 5) is 0. The lowest BCUT2D eigenvalue weighted by Crippen LogP contribution is -2.19. The van der Waals surface area contributed by atoms with Crippen molar-refractivity contribution in [1.82, 2.24) is 0 Å². The van der Waals surface area contributed by atoms with Crippen LogP contribution in [0.15, 0.2) is 36.9 Å². The monoisotopic (exact) mass is 240 g/mol. The zero-order chi connectivity index (χ0) is 12.5. The molecule has 0 unspecified atom stereocenters. The average molecular weight is 240 g/mol. The number of rotatable bonds is 2. The summed E-state index contributed by atoms with van der Waals surface area (Å²) in [5, 5.41) is 0. The Bertz CT molecular complexity index is 498. The van der Waals surface area contributed by atoms with Gasteiger partial charge in [0.15, 0.2) is 0 Å². The van der Waals surface area contributed by atoms with Crippen molar-refractivity contribution in [3.8, 4) is 5.75 Å². The van der Waals surface area contributed by atoms with E-state index in [0.717, 1.165) is 12.2 Å². The first-order chi connectivity index (χ1) is 8.79. The number of allylic oxidation sites excluding steroid dienone is 3. The van der Waals surface area contributed by atoms with Gasteiger partial charge < -0.3 is 4.74 Å². The van der Waals surface area contributed by atoms with E-state index < -0.39 is 0 Å². The molecule has 0 fully saturated rings. The minimum absolute atomic E-state index is 0.643. The van der Waals surface area contributed by atoms with Crippen LogP contribution in [-0.4, -0.2) is 7.11 Å². The predicted octanol–water partition coefficient (Wildman–Crippen LogP) is 4.24. The summed E-state index contributed by atoms with van der Waals surface area (Å²) >= 11 is 0. The zero-order valence-electron chi connectivity index (χ0n) is 11.0. The third-order valence-electron chi connectivity index (χ3n) is 4.40. The highest BCUT2D eigenvalue weighted by Crippen LogP contribution is 2.42. The van der Waals surface area contributed by atoms with Crippen molar-refractivity contribution in [1.29, 1.82) is 0 Å². The molecular weight excluding hydrogens is 220 g/mol. The molecule has 18 heavy (non-hydrogen) atoms. The second-order valence-electron chi connectivity index (χ2n) is 5.36. The highest BCUT2D eigenvalue weighted by Gasteiger charge is 2.29. The Morgan fingerprint density at radius 1 is 1.28 bits per heavy atom. The molecule has 0 spiro atoms. The number of fused-ring (bicyclic) bond motifs is 1. The Balaban J connectivity index is 1.89. The summed E-state index contributed by atoms with van der Waals surface area (Å²) in [6.07, 6.45) is 9.64. The van der Waals surface area contributed by atoms with Gasteiger partial charge in [-0.2, -0.15) is 0 Å². The van der Waals surface area contributed by atoms with E-state index in [0.29, 0.717) is 11.8 Å². The molecule has 1 heteroatoms. The molecular formula is C17H20O. The topological polar surface area (TPSA) is 9.23 Å². The van der Waals surface area contributed by atoms with Gasteiger partial charge in [0.2, 0.25) is 0 Å². The van der Waals surface area contributed by atoms with E-state index in [4.69, 9.17) is 4.74 Å². The van der Waals surface area contributed by atoms with Crippen LogP contribution >= 0.6 is 0 Å². The van der Waals surface area contributed by atoms with E-state index in [2.05, 4.69) is 36.9 Å². The molecule has 1 aromatic rings. The van der Waals surface area contributed by atoms with Crippen LogP contribution in [0.25, 0.3) is 5.57 Å². The molecule has 0 bridgehead atoms. The molecule has 0 radical (unpaired) electrons. The Morgan fingerprint density at radius 2 is 2.17 bits per heavy atom. The molecule has 0 amide bonds. The van der Waals surface area contributed by atoms with Crippen LogP contribution in [0, 0.1) is 11.8 Å². The molecule has 1 aromatic carbocycles. The molecule has 94 valence electrons. The largest absolute Gasteiger partial charge is 0.497 e. The van der Waals surface area contributed by atoms with Gasteiger partial charge in [0.05, 0.1) is 7.11 Å². The summed E-state index contributed by atoms with van der Waals surface area (Å²) in [7, 11) is 1.73. The van der Waals surface area contributed by atoms with E-state index in [1.165, 1.54) is 36.0 Å². The lowest BCUT2D eigenvalue weighted by Gasteiger charge is -2.31. The van der Waals surface area contributed by atoms with Gasteiger partial charge in [0, 0.05) is 0 Å². The molecule has 1 nitrogen and oxygen atoms in total. The first-order valence-corrected chi connectivity index (χ1v) is 6.82. The number of aryl methyl sites for hydroxylation is 1. The minimum atomic E-state index is 0.643. The van der Waals surface area contributed by atoms with Crippen LogP contribution in [0.3, 0.4) is 0 Å². The number of benzene rings is 1. The van der Waals surface area contributed by atoms with E-state index in [9.17, 15) is 0 Å². The molecule has 0 saturated carbocycles. The van der Waals surface area contributed by atoms with Crippen molar-refractivity contribution in [3.05, 3.63) is 48.1 Å². The molecule has 0 heterocycles. The maximum atomic E-state index is 5.30. The SMILES string of the molecule is C=C1c2ccc(OC)cc2CC[C@@H]1[C@@H]1C=CCC1. The highest BCUT2D eigenvalue weighted by molar-refractivity contribution is 5.71. The number of hydrogen-bond acceptors (Lipinski definition) is 1. The Labute approximate surface area is 109 Å². The van der Waals surface area contributed by atoms with Gasteiger partial charge in [-0.25, -0.2) is 0 Å². The molecule has 2 atom stereocenters. The fourth-order valence-electron chi connectivity index (χ4n) is 3.37. The van der Waals surface area contributed by atoms with Crippen molar-refractivity contribution in [2.24, 2.45) is 11.8 Å².